The van der Waals surface area contributed by atoms with Gasteiger partial charge in [0.2, 0.25) is 0 Å². The van der Waals surface area contributed by atoms with Gasteiger partial charge in [-0.2, -0.15) is 0 Å². The van der Waals surface area contributed by atoms with Crippen LogP contribution in [0, 0.1) is 57.2 Å². The highest BCUT2D eigenvalue weighted by Crippen LogP contribution is 2.70. The summed E-state index contributed by atoms with van der Waals surface area (Å²) in [5.41, 5.74) is 3.83. The summed E-state index contributed by atoms with van der Waals surface area (Å²) in [6.45, 7) is 11.2. The van der Waals surface area contributed by atoms with Gasteiger partial charge >= 0.3 is 5.97 Å². The normalized spacial score (nSPS) is 39.8. The molecule has 8 rings (SSSR count). The summed E-state index contributed by atoms with van der Waals surface area (Å²) < 4.78 is 30.1. The molecule has 0 bridgehead atoms. The summed E-state index contributed by atoms with van der Waals surface area (Å²) in [7, 11) is -1.10. The van der Waals surface area contributed by atoms with Crippen molar-refractivity contribution >= 4 is 21.5 Å². The van der Waals surface area contributed by atoms with Gasteiger partial charge in [-0.3, -0.25) is 4.79 Å². The lowest BCUT2D eigenvalue weighted by Gasteiger charge is -2.67. The van der Waals surface area contributed by atoms with Crippen LogP contribution < -0.4 is 10.6 Å². The van der Waals surface area contributed by atoms with Crippen molar-refractivity contribution < 1.29 is 23.1 Å². The van der Waals surface area contributed by atoms with Crippen LogP contribution in [0.5, 0.6) is 0 Å². The molecule has 0 spiro atoms. The van der Waals surface area contributed by atoms with E-state index in [-0.39, 0.29) is 17.6 Å². The highest BCUT2D eigenvalue weighted by atomic mass is 32.2. The van der Waals surface area contributed by atoms with Crippen molar-refractivity contribution in [3.8, 4) is 0 Å². The molecule has 10 atom stereocenters. The van der Waals surface area contributed by atoms with Crippen molar-refractivity contribution in [1.29, 1.82) is 5.41 Å². The Morgan fingerprint density at radius 3 is 2.41 bits per heavy atom. The van der Waals surface area contributed by atoms with E-state index < -0.39 is 21.2 Å². The van der Waals surface area contributed by atoms with Gasteiger partial charge in [-0.05, 0) is 140 Å². The van der Waals surface area contributed by atoms with Crippen molar-refractivity contribution in [3.05, 3.63) is 71.2 Å². The number of allylic oxidation sites excluding steroid dienone is 5. The number of nitrogens with zero attached hydrogens (tertiary/aromatic N) is 1. The maximum atomic E-state index is 12.8. The molecule has 10 heteroatoms. The lowest BCUT2D eigenvalue weighted by atomic mass is 9.38. The first-order valence-corrected chi connectivity index (χ1v) is 24.5. The SMILES string of the molecule is CN/C(=C\C(=N)c1ccccc1)OCC1(C(=O)O)CC=C(C2=CC[C@@]3(C)C(CC[C@@]4(C)C5CC[C@@]6(NCCN7CCS(=O)(=O)CC7)CCCC6[C@H]5CCC34)C2C)CC1. The summed E-state index contributed by atoms with van der Waals surface area (Å²) in [4.78, 5) is 15.2. The fraction of sp³-hybridized carbons (Fsp3) is 0.708. The number of fused-ring (bicyclic) bond motifs is 7. The van der Waals surface area contributed by atoms with Crippen LogP contribution in [0.1, 0.15) is 110 Å². The van der Waals surface area contributed by atoms with E-state index in [1.54, 1.807) is 13.1 Å². The number of ether oxygens (including phenoxy) is 1. The molecule has 5 fully saturated rings. The second-order valence-electron chi connectivity index (χ2n) is 20.2. The summed E-state index contributed by atoms with van der Waals surface area (Å²) in [5, 5.41) is 26.2. The number of sulfone groups is 1. The number of carboxylic acid groups (broad SMARTS) is 1. The molecule has 4 N–H and O–H groups in total. The third-order valence-corrected chi connectivity index (χ3v) is 19.2. The Hall–Kier alpha value is -2.95. The van der Waals surface area contributed by atoms with E-state index in [4.69, 9.17) is 10.1 Å². The Morgan fingerprint density at radius 2 is 1.71 bits per heavy atom. The topological polar surface area (TPSA) is 132 Å². The van der Waals surface area contributed by atoms with Gasteiger partial charge in [0.15, 0.2) is 15.7 Å². The lowest BCUT2D eigenvalue weighted by Crippen LogP contribution is -2.63. The quantitative estimate of drug-likeness (QED) is 0.123. The first-order chi connectivity index (χ1) is 27.7. The van der Waals surface area contributed by atoms with E-state index in [1.165, 1.54) is 68.9 Å². The number of hydrogen-bond acceptors (Lipinski definition) is 8. The zero-order valence-electron chi connectivity index (χ0n) is 35.7. The Labute approximate surface area is 348 Å². The molecule has 7 aliphatic rings. The number of nitrogens with one attached hydrogen (secondary N) is 3. The molecular weight excluding hydrogens is 745 g/mol. The van der Waals surface area contributed by atoms with Crippen molar-refractivity contribution in [2.45, 2.75) is 110 Å². The minimum Gasteiger partial charge on any atom is -0.481 e. The molecule has 0 radical (unpaired) electrons. The fourth-order valence-electron chi connectivity index (χ4n) is 14.4. The predicted molar refractivity (Wildman–Crippen MR) is 231 cm³/mol. The summed E-state index contributed by atoms with van der Waals surface area (Å²) in [6, 6.07) is 9.48. The number of aliphatic carboxylic acids is 1. The smallest absolute Gasteiger partial charge is 0.313 e. The Kier molecular flexibility index (Phi) is 11.6. The molecule has 1 heterocycles. The molecular formula is C48H70N4O5S. The zero-order valence-corrected chi connectivity index (χ0v) is 36.5. The van der Waals surface area contributed by atoms with E-state index >= 15 is 0 Å². The standard InChI is InChI=1S/C48H70N4O5S/c1-33-36(34-14-22-47(23-15-34,44(53)54)32-57-43(50-4)31-41(49)35-9-6-5-7-10-35)16-20-45(2)38(33)17-21-46(3)39-18-24-48(19-8-11-40(48)37(39)12-13-42(45)46)51-25-26-52-27-29-58(55,56)30-28-52/h5-7,9-10,14,16,31,33,37-40,42,49-51H,8,11-13,15,17-30,32H2,1-4H3,(H,53,54)/b43-31+,49-41?/t33?,37-,38?,39?,40?,42?,45-,46-,47?,48-/m0/s1. The van der Waals surface area contributed by atoms with Gasteiger partial charge in [-0.25, -0.2) is 8.42 Å². The highest BCUT2D eigenvalue weighted by molar-refractivity contribution is 7.91. The second kappa shape index (κ2) is 16.2. The van der Waals surface area contributed by atoms with Crippen LogP contribution in [-0.2, 0) is 19.4 Å². The molecule has 0 amide bonds. The first-order valence-electron chi connectivity index (χ1n) is 22.7. The molecule has 1 aromatic carbocycles. The average molecular weight is 815 g/mol. The van der Waals surface area contributed by atoms with E-state index in [2.05, 4.69) is 48.5 Å². The average Bonchev–Trinajstić information content (AvgIpc) is 3.65. The van der Waals surface area contributed by atoms with E-state index in [9.17, 15) is 18.3 Å². The zero-order chi connectivity index (χ0) is 40.9. The Morgan fingerprint density at radius 1 is 0.948 bits per heavy atom. The van der Waals surface area contributed by atoms with Crippen LogP contribution in [0.3, 0.4) is 0 Å². The predicted octanol–water partition coefficient (Wildman–Crippen LogP) is 8.00. The van der Waals surface area contributed by atoms with Crippen LogP contribution in [-0.4, -0.2) is 87.0 Å². The van der Waals surface area contributed by atoms with Crippen LogP contribution >= 0.6 is 0 Å². The number of carboxylic acids is 1. The van der Waals surface area contributed by atoms with E-state index in [0.717, 1.165) is 55.2 Å². The molecule has 1 aliphatic heterocycles. The molecule has 6 aliphatic carbocycles. The van der Waals surface area contributed by atoms with Gasteiger partial charge in [-0.15, -0.1) is 0 Å². The van der Waals surface area contributed by atoms with Crippen molar-refractivity contribution in [2.24, 2.45) is 51.8 Å². The van der Waals surface area contributed by atoms with Gasteiger partial charge in [0.05, 0.1) is 17.2 Å². The Bertz CT molecular complexity index is 1920. The lowest BCUT2D eigenvalue weighted by molar-refractivity contribution is -0.166. The summed E-state index contributed by atoms with van der Waals surface area (Å²) >= 11 is 0. The maximum Gasteiger partial charge on any atom is 0.313 e. The summed E-state index contributed by atoms with van der Waals surface area (Å²) in [6.07, 6.45) is 21.2. The van der Waals surface area contributed by atoms with Gasteiger partial charge < -0.3 is 30.8 Å². The monoisotopic (exact) mass is 815 g/mol. The first kappa shape index (κ1) is 41.8. The minimum absolute atomic E-state index is 0.0590. The molecule has 58 heavy (non-hydrogen) atoms. The molecule has 1 aromatic rings. The van der Waals surface area contributed by atoms with E-state index in [0.29, 0.717) is 66.3 Å². The molecule has 6 unspecified atom stereocenters. The molecule has 318 valence electrons. The van der Waals surface area contributed by atoms with Crippen LogP contribution in [0.4, 0.5) is 0 Å². The van der Waals surface area contributed by atoms with E-state index in [1.807, 2.05) is 30.3 Å². The van der Waals surface area contributed by atoms with Crippen molar-refractivity contribution in [1.82, 2.24) is 15.5 Å². The summed E-state index contributed by atoms with van der Waals surface area (Å²) in [5.74, 6) is 4.40. The third-order valence-electron chi connectivity index (χ3n) is 17.6. The van der Waals surface area contributed by atoms with Crippen molar-refractivity contribution in [3.63, 3.8) is 0 Å². The van der Waals surface area contributed by atoms with Gasteiger partial charge in [0.1, 0.15) is 12.0 Å². The van der Waals surface area contributed by atoms with Gasteiger partial charge in [0, 0.05) is 44.8 Å². The number of rotatable bonds is 12. The van der Waals surface area contributed by atoms with Gasteiger partial charge in [0.25, 0.3) is 0 Å². The van der Waals surface area contributed by atoms with Crippen LogP contribution in [0.25, 0.3) is 0 Å². The highest BCUT2D eigenvalue weighted by Gasteiger charge is 2.64. The fourth-order valence-corrected chi connectivity index (χ4v) is 15.7. The second-order valence-corrected chi connectivity index (χ2v) is 22.5. The minimum atomic E-state index is -2.85. The number of carbonyl (C=O) groups is 1. The van der Waals surface area contributed by atoms with Crippen LogP contribution in [0.15, 0.2) is 65.6 Å². The maximum absolute atomic E-state index is 12.8. The molecule has 4 saturated carbocycles. The third kappa shape index (κ3) is 7.54. The van der Waals surface area contributed by atoms with Crippen molar-refractivity contribution in [2.75, 3.05) is 51.3 Å². The van der Waals surface area contributed by atoms with Gasteiger partial charge in [-0.1, -0.05) is 69.7 Å². The molecule has 9 nitrogen and oxygen atoms in total. The largest absolute Gasteiger partial charge is 0.481 e. The number of hydrogen-bond donors (Lipinski definition) is 4. The molecule has 1 saturated heterocycles. The Balaban J connectivity index is 0.919. The molecule has 0 aromatic heterocycles. The van der Waals surface area contributed by atoms with Crippen LogP contribution in [0.2, 0.25) is 0 Å². The number of benzene rings is 1.